The van der Waals surface area contributed by atoms with E-state index in [1.165, 1.54) is 4.90 Å². The third-order valence-corrected chi connectivity index (χ3v) is 2.70. The molecule has 13 heavy (non-hydrogen) atoms. The van der Waals surface area contributed by atoms with E-state index in [0.717, 1.165) is 0 Å². The van der Waals surface area contributed by atoms with E-state index < -0.39 is 5.41 Å². The molecule has 2 heterocycles. The summed E-state index contributed by atoms with van der Waals surface area (Å²) in [4.78, 5) is 24.6. The molecule has 0 unspecified atom stereocenters. The Morgan fingerprint density at radius 3 is 2.23 bits per heavy atom. The smallest absolute Gasteiger partial charge is 0.240 e. The van der Waals surface area contributed by atoms with E-state index in [1.54, 1.807) is 0 Å². The molecule has 0 aromatic rings. The van der Waals surface area contributed by atoms with Crippen LogP contribution in [0, 0.1) is 5.41 Å². The number of likely N-dealkylation sites (tertiary alicyclic amines) is 1. The quantitative estimate of drug-likeness (QED) is 0.544. The molecule has 2 saturated heterocycles. The van der Waals surface area contributed by atoms with Crippen LogP contribution in [-0.4, -0.2) is 36.0 Å². The number of carbonyl (C=O) groups is 2. The minimum Gasteiger partial charge on any atom is -0.379 e. The predicted octanol–water partition coefficient (Wildman–Crippen LogP) is 0.170. The summed E-state index contributed by atoms with van der Waals surface area (Å²) in [6.07, 6.45) is 0.337. The van der Waals surface area contributed by atoms with Crippen LogP contribution in [0.1, 0.15) is 20.3 Å². The summed E-state index contributed by atoms with van der Waals surface area (Å²) in [6.45, 7) is 4.55. The zero-order valence-corrected chi connectivity index (χ0v) is 7.87. The van der Waals surface area contributed by atoms with Crippen molar-refractivity contribution in [3.8, 4) is 0 Å². The average molecular weight is 183 g/mol. The Morgan fingerprint density at radius 2 is 2.00 bits per heavy atom. The van der Waals surface area contributed by atoms with Crippen LogP contribution >= 0.6 is 0 Å². The number of imide groups is 1. The highest BCUT2D eigenvalue weighted by atomic mass is 16.5. The van der Waals surface area contributed by atoms with Crippen LogP contribution in [0.4, 0.5) is 0 Å². The van der Waals surface area contributed by atoms with Crippen molar-refractivity contribution in [2.75, 3.05) is 13.2 Å². The Kier molecular flexibility index (Phi) is 1.70. The first-order valence-electron chi connectivity index (χ1n) is 4.51. The summed E-state index contributed by atoms with van der Waals surface area (Å²) < 4.78 is 5.01. The first-order chi connectivity index (χ1) is 6.07. The Hall–Kier alpha value is -0.900. The molecule has 2 aliphatic rings. The van der Waals surface area contributed by atoms with Gasteiger partial charge in [-0.05, 0) is 13.8 Å². The third kappa shape index (κ3) is 1.01. The van der Waals surface area contributed by atoms with Gasteiger partial charge in [-0.15, -0.1) is 0 Å². The lowest BCUT2D eigenvalue weighted by Crippen LogP contribution is -2.50. The zero-order chi connectivity index (χ0) is 9.64. The largest absolute Gasteiger partial charge is 0.379 e. The van der Waals surface area contributed by atoms with E-state index in [-0.39, 0.29) is 17.9 Å². The maximum atomic E-state index is 11.8. The van der Waals surface area contributed by atoms with Crippen LogP contribution in [0.15, 0.2) is 0 Å². The van der Waals surface area contributed by atoms with Crippen molar-refractivity contribution in [1.29, 1.82) is 0 Å². The van der Waals surface area contributed by atoms with E-state index in [9.17, 15) is 9.59 Å². The van der Waals surface area contributed by atoms with E-state index in [2.05, 4.69) is 0 Å². The second-order valence-corrected chi connectivity index (χ2v) is 4.11. The van der Waals surface area contributed by atoms with Crippen LogP contribution in [0.2, 0.25) is 0 Å². The summed E-state index contributed by atoms with van der Waals surface area (Å²) in [5.41, 5.74) is -0.485. The monoisotopic (exact) mass is 183 g/mol. The molecule has 2 aliphatic heterocycles. The van der Waals surface area contributed by atoms with Gasteiger partial charge in [0.2, 0.25) is 11.8 Å². The molecule has 72 valence electrons. The molecule has 0 aromatic carbocycles. The van der Waals surface area contributed by atoms with Gasteiger partial charge >= 0.3 is 0 Å². The first-order valence-corrected chi connectivity index (χ1v) is 4.51. The molecule has 0 radical (unpaired) electrons. The Labute approximate surface area is 76.8 Å². The minimum atomic E-state index is -0.485. The van der Waals surface area contributed by atoms with Gasteiger partial charge in [-0.25, -0.2) is 0 Å². The molecule has 0 aliphatic carbocycles. The maximum absolute atomic E-state index is 11.8. The highest BCUT2D eigenvalue weighted by molar-refractivity contribution is 6.06. The molecule has 2 amide bonds. The van der Waals surface area contributed by atoms with E-state index in [1.807, 2.05) is 13.8 Å². The van der Waals surface area contributed by atoms with Gasteiger partial charge in [-0.3, -0.25) is 14.5 Å². The van der Waals surface area contributed by atoms with Gasteiger partial charge in [0.15, 0.2) is 0 Å². The number of hydrogen-bond donors (Lipinski definition) is 0. The number of rotatable bonds is 1. The first kappa shape index (κ1) is 8.69. The third-order valence-electron chi connectivity index (χ3n) is 2.70. The highest BCUT2D eigenvalue weighted by Gasteiger charge is 2.56. The van der Waals surface area contributed by atoms with Gasteiger partial charge in [-0.2, -0.15) is 0 Å². The van der Waals surface area contributed by atoms with Crippen LogP contribution in [0.5, 0.6) is 0 Å². The molecule has 0 aromatic heterocycles. The van der Waals surface area contributed by atoms with Crippen LogP contribution in [0.25, 0.3) is 0 Å². The molecule has 1 spiro atoms. The highest BCUT2D eigenvalue weighted by Crippen LogP contribution is 2.40. The molecule has 4 heteroatoms. The van der Waals surface area contributed by atoms with Gasteiger partial charge in [-0.1, -0.05) is 0 Å². The maximum Gasteiger partial charge on any atom is 0.240 e. The van der Waals surface area contributed by atoms with Crippen LogP contribution in [-0.2, 0) is 14.3 Å². The molecular formula is C9H13NO3. The zero-order valence-electron chi connectivity index (χ0n) is 7.87. The molecule has 4 nitrogen and oxygen atoms in total. The van der Waals surface area contributed by atoms with E-state index >= 15 is 0 Å². The van der Waals surface area contributed by atoms with Crippen molar-refractivity contribution < 1.29 is 14.3 Å². The van der Waals surface area contributed by atoms with Crippen molar-refractivity contribution in [3.63, 3.8) is 0 Å². The fourth-order valence-corrected chi connectivity index (χ4v) is 1.92. The van der Waals surface area contributed by atoms with Crippen molar-refractivity contribution in [2.45, 2.75) is 26.3 Å². The minimum absolute atomic E-state index is 0.0278. The number of carbonyl (C=O) groups excluding carboxylic acids is 2. The predicted molar refractivity (Wildman–Crippen MR) is 44.9 cm³/mol. The lowest BCUT2D eigenvalue weighted by atomic mass is 9.84. The van der Waals surface area contributed by atoms with Gasteiger partial charge in [0.1, 0.15) is 5.41 Å². The lowest BCUT2D eigenvalue weighted by Gasteiger charge is -2.35. The summed E-state index contributed by atoms with van der Waals surface area (Å²) in [7, 11) is 0. The number of amides is 2. The molecular weight excluding hydrogens is 170 g/mol. The van der Waals surface area contributed by atoms with E-state index in [0.29, 0.717) is 19.6 Å². The van der Waals surface area contributed by atoms with Gasteiger partial charge in [0.25, 0.3) is 0 Å². The SMILES string of the molecule is CC(C)N1C(=O)CC2(COC2)C1=O. The van der Waals surface area contributed by atoms with E-state index in [4.69, 9.17) is 4.74 Å². The normalized spacial score (nSPS) is 25.9. The lowest BCUT2D eigenvalue weighted by molar-refractivity contribution is -0.162. The van der Waals surface area contributed by atoms with Crippen molar-refractivity contribution in [2.24, 2.45) is 5.41 Å². The van der Waals surface area contributed by atoms with Crippen LogP contribution < -0.4 is 0 Å². The fraction of sp³-hybridized carbons (Fsp3) is 0.778. The second-order valence-electron chi connectivity index (χ2n) is 4.11. The Morgan fingerprint density at radius 1 is 1.38 bits per heavy atom. The number of hydrogen-bond acceptors (Lipinski definition) is 3. The van der Waals surface area contributed by atoms with Crippen molar-refractivity contribution in [3.05, 3.63) is 0 Å². The summed E-state index contributed by atoms with van der Waals surface area (Å²) in [5.74, 6) is -0.0953. The van der Waals surface area contributed by atoms with Crippen LogP contribution in [0.3, 0.4) is 0 Å². The molecule has 0 saturated carbocycles. The summed E-state index contributed by atoms with van der Waals surface area (Å²) in [6, 6.07) is -0.0278. The molecule has 2 fully saturated rings. The molecule has 0 atom stereocenters. The topological polar surface area (TPSA) is 46.6 Å². The van der Waals surface area contributed by atoms with Crippen molar-refractivity contribution >= 4 is 11.8 Å². The molecule has 0 N–H and O–H groups in total. The number of nitrogens with zero attached hydrogens (tertiary/aromatic N) is 1. The number of ether oxygens (including phenoxy) is 1. The van der Waals surface area contributed by atoms with Crippen molar-refractivity contribution in [1.82, 2.24) is 4.90 Å². The van der Waals surface area contributed by atoms with Gasteiger partial charge < -0.3 is 4.74 Å². The Balaban J connectivity index is 2.24. The Bertz CT molecular complexity index is 268. The standard InChI is InChI=1S/C9H13NO3/c1-6(2)10-7(11)3-9(8(10)12)4-13-5-9/h6H,3-5H2,1-2H3. The van der Waals surface area contributed by atoms with Gasteiger partial charge in [0.05, 0.1) is 13.2 Å². The second kappa shape index (κ2) is 2.54. The summed E-state index contributed by atoms with van der Waals surface area (Å²) in [5, 5.41) is 0. The fourth-order valence-electron chi connectivity index (χ4n) is 1.92. The average Bonchev–Trinajstić information content (AvgIpc) is 2.21. The molecule has 2 rings (SSSR count). The van der Waals surface area contributed by atoms with Gasteiger partial charge in [0, 0.05) is 12.5 Å². The molecule has 0 bridgehead atoms. The summed E-state index contributed by atoms with van der Waals surface area (Å²) >= 11 is 0.